The van der Waals surface area contributed by atoms with Crippen molar-refractivity contribution in [3.8, 4) is 0 Å². The van der Waals surface area contributed by atoms with Crippen molar-refractivity contribution in [2.24, 2.45) is 0 Å². The van der Waals surface area contributed by atoms with Crippen LogP contribution in [0, 0.1) is 0 Å². The van der Waals surface area contributed by atoms with Gasteiger partial charge in [0.15, 0.2) is 5.78 Å². The van der Waals surface area contributed by atoms with Crippen molar-refractivity contribution >= 4 is 34.6 Å². The molecule has 0 aliphatic rings. The largest absolute Gasteiger partial charge is 0.350 e. The Morgan fingerprint density at radius 1 is 1.04 bits per heavy atom. The second kappa shape index (κ2) is 9.84. The highest BCUT2D eigenvalue weighted by Crippen LogP contribution is 2.15. The molecule has 26 heavy (non-hydrogen) atoms. The molecule has 138 valence electrons. The van der Waals surface area contributed by atoms with Crippen molar-refractivity contribution in [1.29, 1.82) is 0 Å². The van der Waals surface area contributed by atoms with Gasteiger partial charge in [-0.3, -0.25) is 19.3 Å². The van der Waals surface area contributed by atoms with E-state index >= 15 is 0 Å². The molecule has 2 amide bonds. The summed E-state index contributed by atoms with van der Waals surface area (Å²) in [6.07, 6.45) is 0. The van der Waals surface area contributed by atoms with Crippen LogP contribution in [0.15, 0.2) is 41.8 Å². The number of Topliss-reactive ketones (excluding diaryl/α,β-unsaturated/α-hetero) is 1. The first-order chi connectivity index (χ1) is 12.5. The fourth-order valence-corrected chi connectivity index (χ4v) is 3.07. The number of hydrogen-bond donors (Lipinski definition) is 2. The minimum atomic E-state index is -0.258. The summed E-state index contributed by atoms with van der Waals surface area (Å²) in [5.41, 5.74) is 0.959. The highest BCUT2D eigenvalue weighted by molar-refractivity contribution is 7.09. The van der Waals surface area contributed by atoms with E-state index in [9.17, 15) is 14.4 Å². The van der Waals surface area contributed by atoms with Crippen molar-refractivity contribution in [3.05, 3.63) is 52.2 Å². The number of carbonyl (C=O) groups excluding carboxylic acids is 3. The molecule has 6 nitrogen and oxygen atoms in total. The van der Waals surface area contributed by atoms with Gasteiger partial charge in [-0.2, -0.15) is 0 Å². The predicted molar refractivity (Wildman–Crippen MR) is 103 cm³/mol. The summed E-state index contributed by atoms with van der Waals surface area (Å²) >= 11 is 1.59. The molecular formula is C19H23N3O3S. The van der Waals surface area contributed by atoms with Crippen LogP contribution in [-0.4, -0.2) is 42.1 Å². The zero-order valence-electron chi connectivity index (χ0n) is 15.0. The van der Waals surface area contributed by atoms with Crippen LogP contribution in [-0.2, 0) is 16.1 Å². The molecule has 2 N–H and O–H groups in total. The first kappa shape index (κ1) is 19.8. The summed E-state index contributed by atoms with van der Waals surface area (Å²) in [7, 11) is 0. The number of thiophene rings is 1. The van der Waals surface area contributed by atoms with Gasteiger partial charge in [-0.05, 0) is 37.0 Å². The smallest absolute Gasteiger partial charge is 0.238 e. The molecule has 0 fully saturated rings. The van der Waals surface area contributed by atoms with Gasteiger partial charge in [0, 0.05) is 10.4 Å². The van der Waals surface area contributed by atoms with Crippen LogP contribution >= 0.6 is 11.3 Å². The molecule has 1 aromatic carbocycles. The Morgan fingerprint density at radius 2 is 1.77 bits per heavy atom. The minimum Gasteiger partial charge on any atom is -0.350 e. The number of rotatable bonds is 9. The number of nitrogens with zero attached hydrogens (tertiary/aromatic N) is 1. The number of nitrogens with one attached hydrogen (secondary N) is 2. The SMILES string of the molecule is CCN(CC(=O)NCc1cccs1)CC(=O)Nc1ccccc1C(C)=O. The lowest BCUT2D eigenvalue weighted by Gasteiger charge is -2.19. The Kier molecular flexibility index (Phi) is 7.50. The van der Waals surface area contributed by atoms with Crippen LogP contribution in [0.2, 0.25) is 0 Å². The highest BCUT2D eigenvalue weighted by atomic mass is 32.1. The Bertz CT molecular complexity index is 759. The maximum absolute atomic E-state index is 12.3. The van der Waals surface area contributed by atoms with Crippen LogP contribution in [0.1, 0.15) is 29.1 Å². The second-order valence-electron chi connectivity index (χ2n) is 5.81. The summed E-state index contributed by atoms with van der Waals surface area (Å²) in [5.74, 6) is -0.495. The lowest BCUT2D eigenvalue weighted by Crippen LogP contribution is -2.40. The molecule has 0 unspecified atom stereocenters. The molecule has 0 aliphatic heterocycles. The van der Waals surface area contributed by atoms with Gasteiger partial charge in [0.1, 0.15) is 0 Å². The molecule has 0 saturated carbocycles. The number of amides is 2. The number of likely N-dealkylation sites (N-methyl/N-ethyl adjacent to an activating group) is 1. The number of para-hydroxylation sites is 1. The van der Waals surface area contributed by atoms with Crippen molar-refractivity contribution in [2.45, 2.75) is 20.4 Å². The summed E-state index contributed by atoms with van der Waals surface area (Å²) in [6, 6.07) is 10.8. The fraction of sp³-hybridized carbons (Fsp3) is 0.316. The van der Waals surface area contributed by atoms with Crippen LogP contribution in [0.25, 0.3) is 0 Å². The monoisotopic (exact) mass is 373 g/mol. The first-order valence-corrected chi connectivity index (χ1v) is 9.28. The van der Waals surface area contributed by atoms with E-state index in [0.717, 1.165) is 4.88 Å². The highest BCUT2D eigenvalue weighted by Gasteiger charge is 2.15. The quantitative estimate of drug-likeness (QED) is 0.662. The topological polar surface area (TPSA) is 78.5 Å². The molecule has 0 radical (unpaired) electrons. The molecular weight excluding hydrogens is 350 g/mol. The molecule has 0 atom stereocenters. The first-order valence-electron chi connectivity index (χ1n) is 8.40. The van der Waals surface area contributed by atoms with Gasteiger partial charge >= 0.3 is 0 Å². The Hall–Kier alpha value is -2.51. The Labute approximate surface area is 157 Å². The van der Waals surface area contributed by atoms with E-state index in [4.69, 9.17) is 0 Å². The third kappa shape index (κ3) is 6.09. The van der Waals surface area contributed by atoms with E-state index in [1.54, 1.807) is 40.5 Å². The molecule has 0 aliphatic carbocycles. The van der Waals surface area contributed by atoms with Crippen molar-refractivity contribution < 1.29 is 14.4 Å². The van der Waals surface area contributed by atoms with Gasteiger partial charge in [-0.25, -0.2) is 0 Å². The predicted octanol–water partition coefficient (Wildman–Crippen LogP) is 2.53. The molecule has 1 aromatic heterocycles. The Morgan fingerprint density at radius 3 is 2.42 bits per heavy atom. The molecule has 0 bridgehead atoms. The average molecular weight is 373 g/mol. The number of anilines is 1. The average Bonchev–Trinajstić information content (AvgIpc) is 3.13. The van der Waals surface area contributed by atoms with Gasteiger partial charge in [0.05, 0.1) is 25.3 Å². The maximum atomic E-state index is 12.3. The third-order valence-electron chi connectivity index (χ3n) is 3.80. The minimum absolute atomic E-state index is 0.0785. The van der Waals surface area contributed by atoms with Crippen LogP contribution in [0.4, 0.5) is 5.69 Å². The van der Waals surface area contributed by atoms with Crippen molar-refractivity contribution in [3.63, 3.8) is 0 Å². The molecule has 0 spiro atoms. The molecule has 2 aromatic rings. The normalized spacial score (nSPS) is 10.6. The second-order valence-corrected chi connectivity index (χ2v) is 6.84. The van der Waals surface area contributed by atoms with Crippen LogP contribution < -0.4 is 10.6 Å². The van der Waals surface area contributed by atoms with Gasteiger partial charge in [0.25, 0.3) is 0 Å². The van der Waals surface area contributed by atoms with Crippen LogP contribution in [0.3, 0.4) is 0 Å². The maximum Gasteiger partial charge on any atom is 0.238 e. The number of hydrogen-bond acceptors (Lipinski definition) is 5. The van der Waals surface area contributed by atoms with Gasteiger partial charge in [-0.1, -0.05) is 25.1 Å². The van der Waals surface area contributed by atoms with E-state index in [-0.39, 0.29) is 30.7 Å². The molecule has 0 saturated heterocycles. The summed E-state index contributed by atoms with van der Waals surface area (Å²) in [4.78, 5) is 38.8. The Balaban J connectivity index is 1.85. The zero-order chi connectivity index (χ0) is 18.9. The lowest BCUT2D eigenvalue weighted by atomic mass is 10.1. The van der Waals surface area contributed by atoms with E-state index in [2.05, 4.69) is 10.6 Å². The fourth-order valence-electron chi connectivity index (χ4n) is 2.43. The van der Waals surface area contributed by atoms with E-state index in [0.29, 0.717) is 24.3 Å². The number of ketones is 1. The van der Waals surface area contributed by atoms with Gasteiger partial charge in [-0.15, -0.1) is 11.3 Å². The van der Waals surface area contributed by atoms with Crippen molar-refractivity contribution in [2.75, 3.05) is 25.0 Å². The molecule has 2 rings (SSSR count). The summed E-state index contributed by atoms with van der Waals surface area (Å²) in [6.45, 7) is 4.63. The summed E-state index contributed by atoms with van der Waals surface area (Å²) in [5, 5.41) is 7.56. The van der Waals surface area contributed by atoms with Gasteiger partial charge < -0.3 is 10.6 Å². The third-order valence-corrected chi connectivity index (χ3v) is 4.68. The lowest BCUT2D eigenvalue weighted by molar-refractivity contribution is -0.123. The van der Waals surface area contributed by atoms with Crippen LogP contribution in [0.5, 0.6) is 0 Å². The molecule has 7 heteroatoms. The van der Waals surface area contributed by atoms with E-state index in [1.807, 2.05) is 24.4 Å². The van der Waals surface area contributed by atoms with Crippen molar-refractivity contribution in [1.82, 2.24) is 10.2 Å². The summed E-state index contributed by atoms with van der Waals surface area (Å²) < 4.78 is 0. The molecule has 1 heterocycles. The number of carbonyl (C=O) groups is 3. The zero-order valence-corrected chi connectivity index (χ0v) is 15.8. The van der Waals surface area contributed by atoms with E-state index in [1.165, 1.54) is 6.92 Å². The number of benzene rings is 1. The van der Waals surface area contributed by atoms with Gasteiger partial charge in [0.2, 0.25) is 11.8 Å². The standard InChI is InChI=1S/C19H23N3O3S/c1-3-22(12-18(24)20-11-15-7-6-10-26-15)13-19(25)21-17-9-5-4-8-16(17)14(2)23/h4-10H,3,11-13H2,1-2H3,(H,20,24)(H,21,25). The van der Waals surface area contributed by atoms with E-state index < -0.39 is 0 Å².